The molecule has 206 valence electrons. The van der Waals surface area contributed by atoms with Gasteiger partial charge in [-0.25, -0.2) is 8.42 Å². The first-order valence-electron chi connectivity index (χ1n) is 12.3. The summed E-state index contributed by atoms with van der Waals surface area (Å²) in [5, 5.41) is 10.3. The summed E-state index contributed by atoms with van der Waals surface area (Å²) in [4.78, 5) is 44.5. The van der Waals surface area contributed by atoms with E-state index in [1.54, 1.807) is 35.0 Å². The van der Waals surface area contributed by atoms with Crippen LogP contribution in [-0.2, 0) is 29.1 Å². The fourth-order valence-corrected chi connectivity index (χ4v) is 7.44. The van der Waals surface area contributed by atoms with Crippen LogP contribution in [0, 0.1) is 0 Å². The summed E-state index contributed by atoms with van der Waals surface area (Å²) in [6.45, 7) is 1.81. The number of hydrogen-bond acceptors (Lipinski definition) is 7. The standard InChI is InChI=1S/C24H30ClN5O7S/c1-16(31)28-7-5-23(6-8-28)13-30-21(32)11-29(15-24(30,37-23)14-27(2)12-22(33)34)38(35,36)20-10-17-9-18(25)3-4-19(17)26-20/h3-4,9-10,26H,5-8,11-15H2,1-2H3,(H,33,34). The Morgan fingerprint density at radius 3 is 2.58 bits per heavy atom. The van der Waals surface area contributed by atoms with Gasteiger partial charge in [0.2, 0.25) is 11.8 Å². The number of piperidine rings is 1. The Morgan fingerprint density at radius 2 is 1.92 bits per heavy atom. The topological polar surface area (TPSA) is 144 Å². The number of carboxylic acids is 1. The predicted molar refractivity (Wildman–Crippen MR) is 137 cm³/mol. The summed E-state index contributed by atoms with van der Waals surface area (Å²) >= 11 is 6.06. The lowest BCUT2D eigenvalue weighted by Gasteiger charge is -2.46. The third-order valence-electron chi connectivity index (χ3n) is 7.60. The van der Waals surface area contributed by atoms with Gasteiger partial charge in [-0.3, -0.25) is 19.3 Å². The second-order valence-corrected chi connectivity index (χ2v) is 12.8. The van der Waals surface area contributed by atoms with Crippen molar-refractivity contribution in [2.24, 2.45) is 0 Å². The molecule has 14 heteroatoms. The van der Waals surface area contributed by atoms with Crippen molar-refractivity contribution < 1.29 is 32.6 Å². The van der Waals surface area contributed by atoms with Crippen molar-refractivity contribution in [3.63, 3.8) is 0 Å². The van der Waals surface area contributed by atoms with Gasteiger partial charge in [0.1, 0.15) is 5.03 Å². The van der Waals surface area contributed by atoms with E-state index in [9.17, 15) is 27.9 Å². The number of aliphatic carboxylic acids is 1. The number of H-pyrrole nitrogens is 1. The zero-order valence-electron chi connectivity index (χ0n) is 21.1. The summed E-state index contributed by atoms with van der Waals surface area (Å²) in [6, 6.07) is 6.45. The number of ether oxygens (including phenoxy) is 1. The van der Waals surface area contributed by atoms with Crippen molar-refractivity contribution >= 4 is 50.3 Å². The number of halogens is 1. The quantitative estimate of drug-likeness (QED) is 0.521. The SMILES string of the molecule is CC(=O)N1CCC2(CC1)CN1C(=O)CN(S(=O)(=O)c3cc4cc(Cl)ccc4[nH]3)CC1(CN(C)CC(=O)O)O2. The average molecular weight is 568 g/mol. The number of hydrogen-bond donors (Lipinski definition) is 2. The van der Waals surface area contributed by atoms with E-state index in [1.807, 2.05) is 0 Å². The first-order valence-corrected chi connectivity index (χ1v) is 14.1. The van der Waals surface area contributed by atoms with Gasteiger partial charge in [-0.1, -0.05) is 11.6 Å². The van der Waals surface area contributed by atoms with Crippen LogP contribution in [-0.4, -0.2) is 119 Å². The number of likely N-dealkylation sites (tertiary alicyclic amines) is 1. The van der Waals surface area contributed by atoms with E-state index in [0.29, 0.717) is 41.9 Å². The normalized spacial score (nSPS) is 23.9. The van der Waals surface area contributed by atoms with Crippen LogP contribution in [0.1, 0.15) is 19.8 Å². The molecule has 1 unspecified atom stereocenters. The lowest BCUT2D eigenvalue weighted by Crippen LogP contribution is -2.67. The number of rotatable bonds is 6. The summed E-state index contributed by atoms with van der Waals surface area (Å²) in [6.07, 6.45) is 0.965. The smallest absolute Gasteiger partial charge is 0.317 e. The number of piperazine rings is 1. The molecule has 0 bridgehead atoms. The van der Waals surface area contributed by atoms with Crippen LogP contribution in [0.4, 0.5) is 0 Å². The lowest BCUT2D eigenvalue weighted by atomic mass is 9.91. The number of sulfonamides is 1. The highest BCUT2D eigenvalue weighted by Gasteiger charge is 2.61. The Morgan fingerprint density at radius 1 is 1.21 bits per heavy atom. The minimum atomic E-state index is -4.15. The number of likely N-dealkylation sites (N-methyl/N-ethyl adjacent to an activating group) is 1. The second-order valence-electron chi connectivity index (χ2n) is 10.4. The molecule has 4 heterocycles. The molecule has 2 amide bonds. The minimum Gasteiger partial charge on any atom is -0.480 e. The third kappa shape index (κ3) is 4.77. The largest absolute Gasteiger partial charge is 0.480 e. The monoisotopic (exact) mass is 567 g/mol. The van der Waals surface area contributed by atoms with E-state index in [-0.39, 0.29) is 43.7 Å². The number of fused-ring (bicyclic) bond motifs is 2. The highest BCUT2D eigenvalue weighted by Crippen LogP contribution is 2.44. The number of aromatic amines is 1. The van der Waals surface area contributed by atoms with Crippen LogP contribution in [0.3, 0.4) is 0 Å². The van der Waals surface area contributed by atoms with Crippen LogP contribution in [0.15, 0.2) is 29.3 Å². The Labute approximate surface area is 225 Å². The molecule has 2 N–H and O–H groups in total. The number of carbonyl (C=O) groups excluding carboxylic acids is 2. The highest BCUT2D eigenvalue weighted by molar-refractivity contribution is 7.89. The number of carboxylic acid groups (broad SMARTS) is 1. The van der Waals surface area contributed by atoms with Crippen LogP contribution < -0.4 is 0 Å². The van der Waals surface area contributed by atoms with Gasteiger partial charge in [0.15, 0.2) is 5.72 Å². The minimum absolute atomic E-state index is 0.00244. The predicted octanol–water partition coefficient (Wildman–Crippen LogP) is 0.778. The maximum absolute atomic E-state index is 13.8. The van der Waals surface area contributed by atoms with Crippen LogP contribution >= 0.6 is 11.6 Å². The van der Waals surface area contributed by atoms with E-state index in [2.05, 4.69) is 4.98 Å². The Hall–Kier alpha value is -2.71. The van der Waals surface area contributed by atoms with Crippen molar-refractivity contribution in [1.82, 2.24) is 24.0 Å². The zero-order valence-corrected chi connectivity index (χ0v) is 22.7. The van der Waals surface area contributed by atoms with Crippen molar-refractivity contribution in [1.29, 1.82) is 0 Å². The maximum atomic E-state index is 13.8. The van der Waals surface area contributed by atoms with Gasteiger partial charge in [0.25, 0.3) is 10.0 Å². The average Bonchev–Trinajstić information content (AvgIpc) is 3.38. The first-order chi connectivity index (χ1) is 17.8. The van der Waals surface area contributed by atoms with Crippen molar-refractivity contribution in [3.8, 4) is 0 Å². The maximum Gasteiger partial charge on any atom is 0.317 e. The highest BCUT2D eigenvalue weighted by atomic mass is 35.5. The molecule has 3 saturated heterocycles. The van der Waals surface area contributed by atoms with Gasteiger partial charge < -0.3 is 24.6 Å². The fraction of sp³-hybridized carbons (Fsp3) is 0.542. The van der Waals surface area contributed by atoms with Gasteiger partial charge in [-0.05, 0) is 44.2 Å². The number of amides is 2. The van der Waals surface area contributed by atoms with Gasteiger partial charge in [-0.2, -0.15) is 4.31 Å². The summed E-state index contributed by atoms with van der Waals surface area (Å²) in [5.74, 6) is -1.52. The van der Waals surface area contributed by atoms with E-state index < -0.39 is 33.2 Å². The molecule has 3 aliphatic rings. The molecule has 0 radical (unpaired) electrons. The number of carbonyl (C=O) groups is 3. The Balaban J connectivity index is 1.48. The Kier molecular flexibility index (Phi) is 6.71. The fourth-order valence-electron chi connectivity index (χ4n) is 5.81. The summed E-state index contributed by atoms with van der Waals surface area (Å²) in [5.41, 5.74) is -1.56. The van der Waals surface area contributed by atoms with Gasteiger partial charge in [-0.15, -0.1) is 0 Å². The van der Waals surface area contributed by atoms with Gasteiger partial charge in [0.05, 0.1) is 31.8 Å². The molecule has 1 spiro atoms. The number of nitrogens with zero attached hydrogens (tertiary/aromatic N) is 4. The van der Waals surface area contributed by atoms with Crippen LogP contribution in [0.2, 0.25) is 5.02 Å². The molecule has 0 aliphatic carbocycles. The molecular formula is C24H30ClN5O7S. The zero-order chi connectivity index (χ0) is 27.5. The molecule has 3 aliphatic heterocycles. The molecule has 5 rings (SSSR count). The van der Waals surface area contributed by atoms with E-state index in [0.717, 1.165) is 4.31 Å². The molecule has 1 aromatic carbocycles. The first kappa shape index (κ1) is 26.9. The molecule has 0 saturated carbocycles. The van der Waals surface area contributed by atoms with E-state index >= 15 is 0 Å². The van der Waals surface area contributed by atoms with Crippen LogP contribution in [0.25, 0.3) is 10.9 Å². The third-order valence-corrected chi connectivity index (χ3v) is 9.55. The molecule has 2 aromatic rings. The molecule has 1 atom stereocenters. The molecule has 12 nitrogen and oxygen atoms in total. The molecule has 38 heavy (non-hydrogen) atoms. The number of aromatic nitrogens is 1. The summed E-state index contributed by atoms with van der Waals surface area (Å²) < 4.78 is 35.3. The van der Waals surface area contributed by atoms with Crippen molar-refractivity contribution in [2.45, 2.75) is 36.1 Å². The summed E-state index contributed by atoms with van der Waals surface area (Å²) in [7, 11) is -2.56. The van der Waals surface area contributed by atoms with Gasteiger partial charge in [0, 0.05) is 42.5 Å². The molecule has 3 fully saturated rings. The number of benzene rings is 1. The van der Waals surface area contributed by atoms with Crippen molar-refractivity contribution in [3.05, 3.63) is 29.3 Å². The van der Waals surface area contributed by atoms with E-state index in [1.165, 1.54) is 17.9 Å². The van der Waals surface area contributed by atoms with Gasteiger partial charge >= 0.3 is 5.97 Å². The lowest BCUT2D eigenvalue weighted by molar-refractivity contribution is -0.187. The second kappa shape index (κ2) is 9.49. The Bertz CT molecular complexity index is 1400. The van der Waals surface area contributed by atoms with E-state index in [4.69, 9.17) is 16.3 Å². The molecular weight excluding hydrogens is 538 g/mol. The number of nitrogens with one attached hydrogen (secondary N) is 1. The van der Waals surface area contributed by atoms with Crippen molar-refractivity contribution in [2.75, 3.05) is 52.9 Å². The molecule has 1 aromatic heterocycles. The van der Waals surface area contributed by atoms with Crippen LogP contribution in [0.5, 0.6) is 0 Å².